The van der Waals surface area contributed by atoms with Crippen LogP contribution in [0.15, 0.2) is 24.3 Å². The molecule has 5 heteroatoms. The van der Waals surface area contributed by atoms with Crippen molar-refractivity contribution in [2.45, 2.75) is 19.3 Å². The molecular weight excluding hydrogens is 261 g/mol. The first-order chi connectivity index (χ1) is 9.66. The van der Waals surface area contributed by atoms with Crippen molar-refractivity contribution in [3.8, 4) is 5.75 Å². The number of aliphatic carboxylic acids is 1. The zero-order chi connectivity index (χ0) is 14.4. The van der Waals surface area contributed by atoms with Crippen LogP contribution in [0.3, 0.4) is 0 Å². The minimum absolute atomic E-state index is 0.208. The standard InChI is InChI=1S/C15H20FNO3/c16-12-4-6-13(7-5-12)20-9-8-17-10-11-2-1-3-14(11)15(18)19/h4-7,11,14,17H,1-3,8-10H2,(H,18,19). The summed E-state index contributed by atoms with van der Waals surface area (Å²) in [5, 5.41) is 12.3. The summed E-state index contributed by atoms with van der Waals surface area (Å²) in [6.45, 7) is 1.85. The van der Waals surface area contributed by atoms with Crippen LogP contribution in [0, 0.1) is 17.7 Å². The summed E-state index contributed by atoms with van der Waals surface area (Å²) in [5.74, 6) is -0.315. The third-order valence-electron chi connectivity index (χ3n) is 3.74. The van der Waals surface area contributed by atoms with E-state index in [0.29, 0.717) is 25.4 Å². The summed E-state index contributed by atoms with van der Waals surface area (Å²) in [6.07, 6.45) is 2.76. The molecule has 1 aromatic rings. The van der Waals surface area contributed by atoms with Crippen molar-refractivity contribution >= 4 is 5.97 Å². The summed E-state index contributed by atoms with van der Waals surface area (Å²) in [5.41, 5.74) is 0. The second-order valence-corrected chi connectivity index (χ2v) is 5.14. The Morgan fingerprint density at radius 2 is 2.10 bits per heavy atom. The highest BCUT2D eigenvalue weighted by Gasteiger charge is 2.32. The lowest BCUT2D eigenvalue weighted by Crippen LogP contribution is -2.31. The summed E-state index contributed by atoms with van der Waals surface area (Å²) in [4.78, 5) is 11.0. The van der Waals surface area contributed by atoms with Crippen molar-refractivity contribution in [2.24, 2.45) is 11.8 Å². The Balaban J connectivity index is 1.62. The van der Waals surface area contributed by atoms with Gasteiger partial charge in [0, 0.05) is 6.54 Å². The molecule has 110 valence electrons. The molecule has 1 fully saturated rings. The Morgan fingerprint density at radius 1 is 1.35 bits per heavy atom. The van der Waals surface area contributed by atoms with E-state index in [0.717, 1.165) is 19.3 Å². The van der Waals surface area contributed by atoms with Crippen molar-refractivity contribution in [2.75, 3.05) is 19.7 Å². The predicted molar refractivity (Wildman–Crippen MR) is 73.2 cm³/mol. The van der Waals surface area contributed by atoms with E-state index in [4.69, 9.17) is 9.84 Å². The Kier molecular flexibility index (Phi) is 5.35. The zero-order valence-corrected chi connectivity index (χ0v) is 11.3. The monoisotopic (exact) mass is 281 g/mol. The van der Waals surface area contributed by atoms with E-state index in [-0.39, 0.29) is 17.7 Å². The van der Waals surface area contributed by atoms with Crippen LogP contribution in [0.1, 0.15) is 19.3 Å². The van der Waals surface area contributed by atoms with Crippen LogP contribution in [0.25, 0.3) is 0 Å². The topological polar surface area (TPSA) is 58.6 Å². The number of carboxylic acids is 1. The second kappa shape index (κ2) is 7.24. The van der Waals surface area contributed by atoms with Gasteiger partial charge in [0.15, 0.2) is 0 Å². The van der Waals surface area contributed by atoms with Crippen molar-refractivity contribution in [3.05, 3.63) is 30.1 Å². The second-order valence-electron chi connectivity index (χ2n) is 5.14. The van der Waals surface area contributed by atoms with E-state index < -0.39 is 5.97 Å². The highest BCUT2D eigenvalue weighted by Crippen LogP contribution is 2.31. The minimum atomic E-state index is -0.683. The average molecular weight is 281 g/mol. The third kappa shape index (κ3) is 4.20. The van der Waals surface area contributed by atoms with E-state index >= 15 is 0 Å². The molecule has 0 amide bonds. The van der Waals surface area contributed by atoms with Gasteiger partial charge in [-0.15, -0.1) is 0 Å². The maximum Gasteiger partial charge on any atom is 0.306 e. The van der Waals surface area contributed by atoms with Gasteiger partial charge in [-0.1, -0.05) is 6.42 Å². The molecule has 2 unspecified atom stereocenters. The summed E-state index contributed by atoms with van der Waals surface area (Å²) in [7, 11) is 0. The molecule has 2 N–H and O–H groups in total. The molecule has 0 aromatic heterocycles. The number of nitrogens with one attached hydrogen (secondary N) is 1. The molecule has 1 saturated carbocycles. The number of halogens is 1. The van der Waals surface area contributed by atoms with Crippen LogP contribution in [0.5, 0.6) is 5.75 Å². The van der Waals surface area contributed by atoms with Gasteiger partial charge < -0.3 is 15.2 Å². The molecule has 4 nitrogen and oxygen atoms in total. The van der Waals surface area contributed by atoms with Gasteiger partial charge in [-0.3, -0.25) is 4.79 Å². The largest absolute Gasteiger partial charge is 0.492 e. The van der Waals surface area contributed by atoms with Gasteiger partial charge in [0.2, 0.25) is 0 Å². The fourth-order valence-corrected chi connectivity index (χ4v) is 2.67. The quantitative estimate of drug-likeness (QED) is 0.753. The highest BCUT2D eigenvalue weighted by molar-refractivity contribution is 5.70. The molecule has 1 aliphatic carbocycles. The lowest BCUT2D eigenvalue weighted by Gasteiger charge is -2.16. The first kappa shape index (κ1) is 14.8. The SMILES string of the molecule is O=C(O)C1CCCC1CNCCOc1ccc(F)cc1. The number of hydrogen-bond acceptors (Lipinski definition) is 3. The van der Waals surface area contributed by atoms with Gasteiger partial charge in [0.25, 0.3) is 0 Å². The highest BCUT2D eigenvalue weighted by atomic mass is 19.1. The van der Waals surface area contributed by atoms with Gasteiger partial charge in [0.1, 0.15) is 18.2 Å². The van der Waals surface area contributed by atoms with E-state index in [9.17, 15) is 9.18 Å². The lowest BCUT2D eigenvalue weighted by atomic mass is 9.96. The van der Waals surface area contributed by atoms with Gasteiger partial charge >= 0.3 is 5.97 Å². The fourth-order valence-electron chi connectivity index (χ4n) is 2.67. The Bertz CT molecular complexity index is 435. The average Bonchev–Trinajstić information content (AvgIpc) is 2.89. The molecule has 1 aromatic carbocycles. The molecule has 0 saturated heterocycles. The van der Waals surface area contributed by atoms with E-state index in [1.807, 2.05) is 0 Å². The maximum atomic E-state index is 12.7. The molecule has 0 heterocycles. The van der Waals surface area contributed by atoms with Crippen LogP contribution in [0.2, 0.25) is 0 Å². The Labute approximate surface area is 117 Å². The Hall–Kier alpha value is -1.62. The summed E-state index contributed by atoms with van der Waals surface area (Å²) in [6, 6.07) is 5.90. The smallest absolute Gasteiger partial charge is 0.306 e. The normalized spacial score (nSPS) is 21.9. The van der Waals surface area contributed by atoms with Crippen molar-refractivity contribution in [1.29, 1.82) is 0 Å². The molecule has 20 heavy (non-hydrogen) atoms. The predicted octanol–water partition coefficient (Wildman–Crippen LogP) is 2.29. The summed E-state index contributed by atoms with van der Waals surface area (Å²) >= 11 is 0. The van der Waals surface area contributed by atoms with Gasteiger partial charge in [-0.2, -0.15) is 0 Å². The molecule has 1 aliphatic rings. The Morgan fingerprint density at radius 3 is 2.80 bits per heavy atom. The molecular formula is C15H20FNO3. The minimum Gasteiger partial charge on any atom is -0.492 e. The molecule has 0 bridgehead atoms. The van der Waals surface area contributed by atoms with E-state index in [1.165, 1.54) is 12.1 Å². The van der Waals surface area contributed by atoms with Crippen LogP contribution >= 0.6 is 0 Å². The number of carbonyl (C=O) groups is 1. The van der Waals surface area contributed by atoms with Gasteiger partial charge in [-0.25, -0.2) is 4.39 Å². The number of hydrogen-bond donors (Lipinski definition) is 2. The van der Waals surface area contributed by atoms with E-state index in [2.05, 4.69) is 5.32 Å². The molecule has 2 rings (SSSR count). The van der Waals surface area contributed by atoms with Gasteiger partial charge in [-0.05, 0) is 49.6 Å². The molecule has 0 spiro atoms. The van der Waals surface area contributed by atoms with Crippen LogP contribution < -0.4 is 10.1 Å². The number of rotatable bonds is 7. The lowest BCUT2D eigenvalue weighted by molar-refractivity contribution is -0.142. The molecule has 0 radical (unpaired) electrons. The number of carboxylic acid groups (broad SMARTS) is 1. The maximum absolute atomic E-state index is 12.7. The third-order valence-corrected chi connectivity index (χ3v) is 3.74. The molecule has 2 atom stereocenters. The van der Waals surface area contributed by atoms with Crippen LogP contribution in [-0.2, 0) is 4.79 Å². The van der Waals surface area contributed by atoms with Crippen LogP contribution in [-0.4, -0.2) is 30.8 Å². The van der Waals surface area contributed by atoms with Gasteiger partial charge in [0.05, 0.1) is 5.92 Å². The number of ether oxygens (including phenoxy) is 1. The first-order valence-corrected chi connectivity index (χ1v) is 6.98. The number of benzene rings is 1. The van der Waals surface area contributed by atoms with Crippen LogP contribution in [0.4, 0.5) is 4.39 Å². The zero-order valence-electron chi connectivity index (χ0n) is 11.3. The molecule has 0 aliphatic heterocycles. The fraction of sp³-hybridized carbons (Fsp3) is 0.533. The van der Waals surface area contributed by atoms with Crippen molar-refractivity contribution in [1.82, 2.24) is 5.32 Å². The summed E-state index contributed by atoms with van der Waals surface area (Å²) < 4.78 is 18.1. The van der Waals surface area contributed by atoms with Crippen molar-refractivity contribution < 1.29 is 19.0 Å². The van der Waals surface area contributed by atoms with E-state index in [1.54, 1.807) is 12.1 Å². The van der Waals surface area contributed by atoms with Crippen molar-refractivity contribution in [3.63, 3.8) is 0 Å². The first-order valence-electron chi connectivity index (χ1n) is 6.98.